The highest BCUT2D eigenvalue weighted by atomic mass is 127. The molecule has 1 aliphatic carbocycles. The van der Waals surface area contributed by atoms with Gasteiger partial charge in [0.2, 0.25) is 5.52 Å². The summed E-state index contributed by atoms with van der Waals surface area (Å²) in [5.41, 5.74) is 3.71. The number of benzene rings is 2. The lowest BCUT2D eigenvalue weighted by molar-refractivity contribution is -0.644. The molecule has 0 atom stereocenters. The summed E-state index contributed by atoms with van der Waals surface area (Å²) < 4.78 is 2.23. The van der Waals surface area contributed by atoms with E-state index in [2.05, 4.69) is 65.2 Å². The maximum absolute atomic E-state index is 6.16. The molecule has 0 saturated heterocycles. The Hall–Kier alpha value is -1.33. The molecule has 0 radical (unpaired) electrons. The van der Waals surface area contributed by atoms with Gasteiger partial charge in [0.05, 0.1) is 0 Å². The van der Waals surface area contributed by atoms with Gasteiger partial charge >= 0.3 is 0 Å². The van der Waals surface area contributed by atoms with Crippen molar-refractivity contribution in [2.45, 2.75) is 57.8 Å². The average molecular weight is 549 g/mol. The molecule has 0 unspecified atom stereocenters. The van der Waals surface area contributed by atoms with Crippen molar-refractivity contribution in [3.8, 4) is 0 Å². The van der Waals surface area contributed by atoms with E-state index in [4.69, 9.17) is 11.6 Å². The van der Waals surface area contributed by atoms with Crippen molar-refractivity contribution < 1.29 is 28.5 Å². The lowest BCUT2D eigenvalue weighted by Crippen LogP contribution is -3.00. The molecule has 1 aliphatic rings. The molecular formula is C27H34ClIN2. The molecule has 0 N–H and O–H groups in total. The molecule has 2 nitrogen and oxygen atoms in total. The van der Waals surface area contributed by atoms with E-state index in [0.717, 1.165) is 17.5 Å². The third kappa shape index (κ3) is 6.58. The first kappa shape index (κ1) is 24.3. The zero-order chi connectivity index (χ0) is 20.8. The quantitative estimate of drug-likeness (QED) is 0.227. The Kier molecular flexibility index (Phi) is 9.46. The van der Waals surface area contributed by atoms with Crippen LogP contribution < -0.4 is 33.4 Å². The smallest absolute Gasteiger partial charge is 0.212 e. The fraction of sp³-hybridized carbons (Fsp3) is 0.444. The fourth-order valence-electron chi connectivity index (χ4n) is 4.93. The van der Waals surface area contributed by atoms with Crippen LogP contribution in [0.15, 0.2) is 60.8 Å². The van der Waals surface area contributed by atoms with Gasteiger partial charge in [-0.15, -0.1) is 0 Å². The van der Waals surface area contributed by atoms with Gasteiger partial charge in [0.15, 0.2) is 6.20 Å². The molecule has 1 fully saturated rings. The lowest BCUT2D eigenvalue weighted by atomic mass is 9.85. The summed E-state index contributed by atoms with van der Waals surface area (Å²) in [6, 6.07) is 19.2. The molecule has 4 rings (SSSR count). The van der Waals surface area contributed by atoms with Gasteiger partial charge in [0.1, 0.15) is 12.7 Å². The van der Waals surface area contributed by atoms with Crippen LogP contribution >= 0.6 is 11.6 Å². The molecule has 0 aliphatic heterocycles. The summed E-state index contributed by atoms with van der Waals surface area (Å²) in [5.74, 6) is 0.991. The standard InChI is InChI=1S/C27H34ClN2.HI/c1-29-21-26(20-23-13-7-8-14-27(23)29)30(25-17-15-24(28)16-18-25)19-9-3-6-12-22-10-4-2-5-11-22;/h7-8,13-18,20-22H,2-6,9-12,19H2,1H3;1H/q+1;/p-1. The normalized spacial score (nSPS) is 14.4. The number of pyridine rings is 1. The molecule has 0 bridgehead atoms. The number of halogens is 2. The van der Waals surface area contributed by atoms with E-state index in [9.17, 15) is 0 Å². The highest BCUT2D eigenvalue weighted by Gasteiger charge is 2.16. The summed E-state index contributed by atoms with van der Waals surface area (Å²) in [5, 5.41) is 2.06. The molecule has 1 heterocycles. The molecule has 3 aromatic rings. The molecule has 0 spiro atoms. The summed E-state index contributed by atoms with van der Waals surface area (Å²) in [4.78, 5) is 2.45. The summed E-state index contributed by atoms with van der Waals surface area (Å²) in [7, 11) is 2.13. The zero-order valence-electron chi connectivity index (χ0n) is 18.6. The van der Waals surface area contributed by atoms with E-state index >= 15 is 0 Å². The van der Waals surface area contributed by atoms with Gasteiger partial charge in [0.25, 0.3) is 0 Å². The molecule has 0 amide bonds. The predicted octanol–water partition coefficient (Wildman–Crippen LogP) is 4.60. The Balaban J connectivity index is 0.00000272. The maximum atomic E-state index is 6.16. The third-order valence-electron chi connectivity index (χ3n) is 6.61. The van der Waals surface area contributed by atoms with E-state index < -0.39 is 0 Å². The molecule has 1 aromatic heterocycles. The van der Waals surface area contributed by atoms with Crippen LogP contribution in [-0.2, 0) is 7.05 Å². The van der Waals surface area contributed by atoms with Crippen molar-refractivity contribution in [1.29, 1.82) is 0 Å². The van der Waals surface area contributed by atoms with Crippen LogP contribution in [0.2, 0.25) is 5.02 Å². The Morgan fingerprint density at radius 3 is 2.42 bits per heavy atom. The molecule has 31 heavy (non-hydrogen) atoms. The molecular weight excluding hydrogens is 515 g/mol. The van der Waals surface area contributed by atoms with E-state index in [1.165, 1.54) is 80.1 Å². The summed E-state index contributed by atoms with van der Waals surface area (Å²) >= 11 is 6.16. The molecule has 4 heteroatoms. The van der Waals surface area contributed by atoms with Gasteiger partial charge in [-0.25, -0.2) is 0 Å². The second kappa shape index (κ2) is 12.1. The first-order chi connectivity index (χ1) is 14.7. The Labute approximate surface area is 209 Å². The number of unbranched alkanes of at least 4 members (excludes halogenated alkanes) is 2. The van der Waals surface area contributed by atoms with E-state index in [-0.39, 0.29) is 24.0 Å². The number of aryl methyl sites for hydroxylation is 1. The van der Waals surface area contributed by atoms with Gasteiger partial charge in [-0.1, -0.05) is 75.1 Å². The van der Waals surface area contributed by atoms with Gasteiger partial charge in [0, 0.05) is 28.7 Å². The minimum Gasteiger partial charge on any atom is -1.00 e. The van der Waals surface area contributed by atoms with Crippen molar-refractivity contribution in [3.05, 3.63) is 65.8 Å². The predicted molar refractivity (Wildman–Crippen MR) is 129 cm³/mol. The van der Waals surface area contributed by atoms with Crippen molar-refractivity contribution in [1.82, 2.24) is 0 Å². The minimum atomic E-state index is 0. The highest BCUT2D eigenvalue weighted by molar-refractivity contribution is 6.30. The minimum absolute atomic E-state index is 0. The van der Waals surface area contributed by atoms with Crippen LogP contribution in [0.4, 0.5) is 11.4 Å². The van der Waals surface area contributed by atoms with Crippen LogP contribution in [0, 0.1) is 5.92 Å². The first-order valence-corrected chi connectivity index (χ1v) is 12.0. The van der Waals surface area contributed by atoms with Gasteiger partial charge in [-0.2, -0.15) is 4.57 Å². The Bertz CT molecular complexity index is 951. The number of aromatic nitrogens is 1. The second-order valence-corrected chi connectivity index (χ2v) is 9.29. The first-order valence-electron chi connectivity index (χ1n) is 11.6. The summed E-state index contributed by atoms with van der Waals surface area (Å²) in [6.07, 6.45) is 14.8. The number of rotatable bonds is 8. The highest BCUT2D eigenvalue weighted by Crippen LogP contribution is 2.30. The average Bonchev–Trinajstić information content (AvgIpc) is 2.78. The SMILES string of the molecule is C[n+]1cc(N(CCCCCC2CCCCC2)c2ccc(Cl)cc2)cc2ccccc21.[I-]. The topological polar surface area (TPSA) is 7.12 Å². The summed E-state index contributed by atoms with van der Waals surface area (Å²) in [6.45, 7) is 1.03. The number of hydrogen-bond acceptors (Lipinski definition) is 1. The monoisotopic (exact) mass is 548 g/mol. The fourth-order valence-corrected chi connectivity index (χ4v) is 5.05. The van der Waals surface area contributed by atoms with Crippen LogP contribution in [0.3, 0.4) is 0 Å². The second-order valence-electron chi connectivity index (χ2n) is 8.85. The number of para-hydroxylation sites is 1. The van der Waals surface area contributed by atoms with E-state index in [0.29, 0.717) is 0 Å². The Morgan fingerprint density at radius 1 is 0.903 bits per heavy atom. The number of fused-ring (bicyclic) bond motifs is 1. The van der Waals surface area contributed by atoms with E-state index in [1.807, 2.05) is 12.1 Å². The van der Waals surface area contributed by atoms with E-state index in [1.54, 1.807) is 0 Å². The largest absolute Gasteiger partial charge is 1.00 e. The van der Waals surface area contributed by atoms with Gasteiger partial charge in [-0.05, 0) is 48.7 Å². The van der Waals surface area contributed by atoms with Crippen LogP contribution in [0.1, 0.15) is 57.8 Å². The lowest BCUT2D eigenvalue weighted by Gasteiger charge is -2.25. The van der Waals surface area contributed by atoms with Crippen molar-refractivity contribution in [3.63, 3.8) is 0 Å². The van der Waals surface area contributed by atoms with Crippen molar-refractivity contribution in [2.24, 2.45) is 13.0 Å². The third-order valence-corrected chi connectivity index (χ3v) is 6.87. The van der Waals surface area contributed by atoms with Crippen LogP contribution in [0.5, 0.6) is 0 Å². The van der Waals surface area contributed by atoms with Crippen molar-refractivity contribution in [2.75, 3.05) is 11.4 Å². The van der Waals surface area contributed by atoms with Gasteiger partial charge < -0.3 is 28.9 Å². The van der Waals surface area contributed by atoms with Crippen molar-refractivity contribution >= 4 is 33.9 Å². The maximum Gasteiger partial charge on any atom is 0.212 e. The molecule has 2 aromatic carbocycles. The zero-order valence-corrected chi connectivity index (χ0v) is 21.5. The number of anilines is 2. The Morgan fingerprint density at radius 2 is 1.65 bits per heavy atom. The van der Waals surface area contributed by atoms with Crippen LogP contribution in [-0.4, -0.2) is 6.54 Å². The number of nitrogens with zero attached hydrogens (tertiary/aromatic N) is 2. The van der Waals surface area contributed by atoms with Gasteiger partial charge in [-0.3, -0.25) is 0 Å². The van der Waals surface area contributed by atoms with Crippen LogP contribution in [0.25, 0.3) is 10.9 Å². The number of hydrogen-bond donors (Lipinski definition) is 0. The molecule has 166 valence electrons. The molecule has 1 saturated carbocycles.